The zero-order valence-electron chi connectivity index (χ0n) is 22.7. The predicted octanol–water partition coefficient (Wildman–Crippen LogP) is 1.22. The largest absolute Gasteiger partial charge is 0.481 e. The molecule has 3 atom stereocenters. The van der Waals surface area contributed by atoms with Gasteiger partial charge < -0.3 is 35.2 Å². The first-order chi connectivity index (χ1) is 18.2. The third kappa shape index (κ3) is 6.75. The average Bonchev–Trinajstić information content (AvgIpc) is 3.51. The van der Waals surface area contributed by atoms with Crippen molar-refractivity contribution in [1.82, 2.24) is 14.7 Å². The Balaban J connectivity index is 1.94. The molecular weight excluding hydrogens is 492 g/mol. The quantitative estimate of drug-likeness (QED) is 0.321. The molecule has 2 amide bonds. The predicted molar refractivity (Wildman–Crippen MR) is 141 cm³/mol. The van der Waals surface area contributed by atoms with Crippen LogP contribution in [0.2, 0.25) is 0 Å². The summed E-state index contributed by atoms with van der Waals surface area (Å²) in [5.41, 5.74) is 7.02. The maximum Gasteiger partial charge on any atom is 0.308 e. The van der Waals surface area contributed by atoms with E-state index >= 15 is 0 Å². The highest BCUT2D eigenvalue weighted by Crippen LogP contribution is 2.44. The van der Waals surface area contributed by atoms with E-state index in [0.717, 1.165) is 18.4 Å². The van der Waals surface area contributed by atoms with E-state index in [0.29, 0.717) is 62.8 Å². The van der Waals surface area contributed by atoms with Crippen LogP contribution < -0.4 is 15.2 Å². The van der Waals surface area contributed by atoms with E-state index in [2.05, 4.69) is 6.92 Å². The Morgan fingerprint density at radius 1 is 1.13 bits per heavy atom. The van der Waals surface area contributed by atoms with Crippen molar-refractivity contribution in [3.05, 3.63) is 23.3 Å². The number of likely N-dealkylation sites (tertiary alicyclic amines) is 1. The lowest BCUT2D eigenvalue weighted by Gasteiger charge is -2.31. The van der Waals surface area contributed by atoms with Crippen LogP contribution in [0.5, 0.6) is 11.5 Å². The average molecular weight is 535 g/mol. The molecule has 2 heterocycles. The number of aliphatic hydroxyl groups is 1. The maximum absolute atomic E-state index is 13.4. The number of hydrogen-bond donors (Lipinski definition) is 3. The number of aliphatic carboxylic acids is 1. The number of aliphatic hydroxyl groups excluding tert-OH is 1. The van der Waals surface area contributed by atoms with Crippen molar-refractivity contribution in [2.24, 2.45) is 11.7 Å². The lowest BCUT2D eigenvalue weighted by Crippen LogP contribution is -2.46. The van der Waals surface area contributed by atoms with Crippen molar-refractivity contribution in [2.45, 2.75) is 58.6 Å². The molecule has 2 aliphatic heterocycles. The number of ether oxygens (including phenoxy) is 2. The first-order valence-electron chi connectivity index (χ1n) is 13.5. The molecule has 2 aliphatic rings. The summed E-state index contributed by atoms with van der Waals surface area (Å²) >= 11 is 0. The Kier molecular flexibility index (Phi) is 10.7. The third-order valence-corrected chi connectivity index (χ3v) is 7.60. The molecule has 0 unspecified atom stereocenters. The van der Waals surface area contributed by atoms with E-state index in [1.807, 2.05) is 11.8 Å². The number of carboxylic acid groups (broad SMARTS) is 1. The number of carboxylic acids is 1. The number of unbranched alkanes of at least 4 members (excludes halogenated alkanes) is 1. The fourth-order valence-corrected chi connectivity index (χ4v) is 5.59. The molecule has 0 bridgehead atoms. The zero-order valence-corrected chi connectivity index (χ0v) is 22.7. The Labute approximate surface area is 224 Å². The number of nitrogens with two attached hydrogens (primary N) is 1. The molecule has 4 N–H and O–H groups in total. The van der Waals surface area contributed by atoms with Gasteiger partial charge in [-0.05, 0) is 37.5 Å². The molecule has 1 fully saturated rings. The highest BCUT2D eigenvalue weighted by molar-refractivity contribution is 5.79. The van der Waals surface area contributed by atoms with Crippen molar-refractivity contribution >= 4 is 17.8 Å². The first-order valence-corrected chi connectivity index (χ1v) is 13.5. The second-order valence-electron chi connectivity index (χ2n) is 9.95. The van der Waals surface area contributed by atoms with Crippen LogP contribution >= 0.6 is 0 Å². The second kappa shape index (κ2) is 13.8. The highest BCUT2D eigenvalue weighted by atomic mass is 16.7. The van der Waals surface area contributed by atoms with Crippen LogP contribution in [0, 0.1) is 5.92 Å². The molecule has 1 aromatic carbocycles. The molecule has 3 rings (SSSR count). The number of rotatable bonds is 14. The molecule has 1 saturated heterocycles. The van der Waals surface area contributed by atoms with Gasteiger partial charge in [0, 0.05) is 63.7 Å². The topological polar surface area (TPSA) is 146 Å². The summed E-state index contributed by atoms with van der Waals surface area (Å²) in [5.74, 6) is -1.45. The molecular formula is C27H42N4O7. The molecule has 0 radical (unpaired) electrons. The minimum absolute atomic E-state index is 0.0364. The van der Waals surface area contributed by atoms with Crippen LogP contribution in [0.15, 0.2) is 12.1 Å². The van der Waals surface area contributed by atoms with Crippen LogP contribution in [-0.2, 0) is 21.0 Å². The van der Waals surface area contributed by atoms with Gasteiger partial charge in [0.25, 0.3) is 0 Å². The van der Waals surface area contributed by atoms with Gasteiger partial charge in [-0.25, -0.2) is 0 Å². The summed E-state index contributed by atoms with van der Waals surface area (Å²) in [7, 11) is 0. The van der Waals surface area contributed by atoms with Gasteiger partial charge in [0.1, 0.15) is 0 Å². The highest BCUT2D eigenvalue weighted by Gasteiger charge is 2.47. The van der Waals surface area contributed by atoms with Crippen molar-refractivity contribution < 1.29 is 34.1 Å². The standard InChI is InChI=1S/C27H42N4O7/c1-4-6-9-30(11-8-28)24(34)15-31-14-21(19-12-20(16-32)26-23(13-19)37-17-38-26)25(27(35)36)22(31)7-10-29(5-2)18(3)33/h12-13,21-22,25,32H,4-11,14-17,28H2,1-3H3,(H,35,36)/t21-,22+,25-/m1/s1. The molecule has 1 aromatic rings. The fraction of sp³-hybridized carbons (Fsp3) is 0.667. The second-order valence-corrected chi connectivity index (χ2v) is 9.95. The van der Waals surface area contributed by atoms with Gasteiger partial charge in [0.15, 0.2) is 11.5 Å². The molecule has 38 heavy (non-hydrogen) atoms. The van der Waals surface area contributed by atoms with Gasteiger partial charge in [0.05, 0.1) is 19.1 Å². The van der Waals surface area contributed by atoms with Gasteiger partial charge in [0.2, 0.25) is 18.6 Å². The van der Waals surface area contributed by atoms with E-state index in [1.54, 1.807) is 21.9 Å². The molecule has 11 heteroatoms. The number of amides is 2. The zero-order chi connectivity index (χ0) is 27.8. The third-order valence-electron chi connectivity index (χ3n) is 7.60. The van der Waals surface area contributed by atoms with E-state index in [4.69, 9.17) is 15.2 Å². The molecule has 0 aromatic heterocycles. The van der Waals surface area contributed by atoms with Crippen LogP contribution in [0.1, 0.15) is 57.1 Å². The van der Waals surface area contributed by atoms with Gasteiger partial charge in [-0.15, -0.1) is 0 Å². The summed E-state index contributed by atoms with van der Waals surface area (Å²) in [5, 5.41) is 20.3. The first kappa shape index (κ1) is 29.7. The van der Waals surface area contributed by atoms with E-state index in [9.17, 15) is 24.6 Å². The number of hydrogen-bond acceptors (Lipinski definition) is 8. The van der Waals surface area contributed by atoms with Gasteiger partial charge in [-0.1, -0.05) is 13.3 Å². The van der Waals surface area contributed by atoms with Crippen molar-refractivity contribution in [2.75, 3.05) is 52.6 Å². The molecule has 0 spiro atoms. The lowest BCUT2D eigenvalue weighted by atomic mass is 9.83. The van der Waals surface area contributed by atoms with Crippen molar-refractivity contribution in [3.8, 4) is 11.5 Å². The summed E-state index contributed by atoms with van der Waals surface area (Å²) in [4.78, 5) is 43.5. The van der Waals surface area contributed by atoms with Gasteiger partial charge >= 0.3 is 5.97 Å². The summed E-state index contributed by atoms with van der Waals surface area (Å²) in [6.45, 7) is 7.93. The molecule has 0 saturated carbocycles. The minimum Gasteiger partial charge on any atom is -0.481 e. The lowest BCUT2D eigenvalue weighted by molar-refractivity contribution is -0.144. The summed E-state index contributed by atoms with van der Waals surface area (Å²) < 4.78 is 11.0. The Morgan fingerprint density at radius 3 is 2.50 bits per heavy atom. The number of carbonyl (C=O) groups is 3. The monoisotopic (exact) mass is 534 g/mol. The van der Waals surface area contributed by atoms with E-state index < -0.39 is 23.8 Å². The van der Waals surface area contributed by atoms with E-state index in [-0.39, 0.29) is 31.8 Å². The van der Waals surface area contributed by atoms with E-state index in [1.165, 1.54) is 6.92 Å². The van der Waals surface area contributed by atoms with Crippen LogP contribution in [0.4, 0.5) is 0 Å². The Morgan fingerprint density at radius 2 is 1.89 bits per heavy atom. The van der Waals surface area contributed by atoms with Gasteiger partial charge in [-0.3, -0.25) is 19.3 Å². The SMILES string of the molecule is CCCCN(CCN)C(=O)CN1C[C@H](c2cc(CO)c3c(c2)OCO3)[C@@H](C(=O)O)[C@@H]1CCN(CC)C(C)=O. The van der Waals surface area contributed by atoms with Crippen molar-refractivity contribution in [3.63, 3.8) is 0 Å². The minimum atomic E-state index is -0.964. The van der Waals surface area contributed by atoms with Crippen LogP contribution in [0.3, 0.4) is 0 Å². The molecule has 11 nitrogen and oxygen atoms in total. The smallest absolute Gasteiger partial charge is 0.308 e. The number of fused-ring (bicyclic) bond motifs is 1. The number of benzene rings is 1. The maximum atomic E-state index is 13.4. The fourth-order valence-electron chi connectivity index (χ4n) is 5.59. The number of nitrogens with zero attached hydrogens (tertiary/aromatic N) is 3. The van der Waals surface area contributed by atoms with Crippen LogP contribution in [-0.4, -0.2) is 101 Å². The summed E-state index contributed by atoms with van der Waals surface area (Å²) in [6.07, 6.45) is 2.22. The van der Waals surface area contributed by atoms with Crippen molar-refractivity contribution in [1.29, 1.82) is 0 Å². The van der Waals surface area contributed by atoms with Crippen LogP contribution in [0.25, 0.3) is 0 Å². The Hall–Kier alpha value is -2.89. The molecule has 212 valence electrons. The molecule has 0 aliphatic carbocycles. The Bertz CT molecular complexity index is 988. The summed E-state index contributed by atoms with van der Waals surface area (Å²) in [6, 6.07) is 3.08. The number of carbonyl (C=O) groups excluding carboxylic acids is 2. The normalized spacial score (nSPS) is 20.5. The van der Waals surface area contributed by atoms with Gasteiger partial charge in [-0.2, -0.15) is 0 Å².